The van der Waals surface area contributed by atoms with Crippen molar-refractivity contribution in [2.24, 2.45) is 0 Å². The summed E-state index contributed by atoms with van der Waals surface area (Å²) < 4.78 is 5.51. The number of hydrogen-bond donors (Lipinski definition) is 1. The number of ether oxygens (including phenoxy) is 1. The minimum Gasteiger partial charge on any atom is -0.484 e. The lowest BCUT2D eigenvalue weighted by molar-refractivity contribution is -0.118. The summed E-state index contributed by atoms with van der Waals surface area (Å²) in [5.41, 5.74) is 2.26. The first-order chi connectivity index (χ1) is 10.6. The number of amides is 1. The molecule has 0 aromatic heterocycles. The molecule has 0 aliphatic carbocycles. The molecule has 1 amide bonds. The Morgan fingerprint density at radius 1 is 1.18 bits per heavy atom. The van der Waals surface area contributed by atoms with Gasteiger partial charge in [-0.05, 0) is 35.7 Å². The molecule has 0 radical (unpaired) electrons. The van der Waals surface area contributed by atoms with Gasteiger partial charge in [0.2, 0.25) is 0 Å². The van der Waals surface area contributed by atoms with Crippen LogP contribution in [-0.4, -0.2) is 18.8 Å². The Morgan fingerprint density at radius 3 is 2.68 bits per heavy atom. The highest BCUT2D eigenvalue weighted by Gasteiger charge is 2.06. The van der Waals surface area contributed by atoms with Gasteiger partial charge in [0.1, 0.15) is 12.0 Å². The number of benzene rings is 2. The summed E-state index contributed by atoms with van der Waals surface area (Å²) in [5, 5.41) is 2.70. The summed E-state index contributed by atoms with van der Waals surface area (Å²) in [6.45, 7) is 4.13. The summed E-state index contributed by atoms with van der Waals surface area (Å²) in [7, 11) is 0. The van der Waals surface area contributed by atoms with Gasteiger partial charge in [-0.25, -0.2) is 0 Å². The fourth-order valence-corrected chi connectivity index (χ4v) is 2.00. The van der Waals surface area contributed by atoms with Crippen LogP contribution in [0.1, 0.15) is 35.7 Å². The second-order valence-corrected chi connectivity index (χ2v) is 5.31. The van der Waals surface area contributed by atoms with Crippen LogP contribution in [0.2, 0.25) is 0 Å². The van der Waals surface area contributed by atoms with E-state index in [0.717, 1.165) is 11.8 Å². The van der Waals surface area contributed by atoms with E-state index in [4.69, 9.17) is 4.74 Å². The van der Waals surface area contributed by atoms with Crippen LogP contribution in [0.5, 0.6) is 5.75 Å². The topological polar surface area (TPSA) is 55.4 Å². The number of nitrogens with one attached hydrogen (secondary N) is 1. The first kappa shape index (κ1) is 15.8. The monoisotopic (exact) mass is 297 g/mol. The zero-order chi connectivity index (χ0) is 15.9. The standard InChI is InChI=1S/C18H19NO3/c1-13(2)15-6-4-8-17(10-15)22-12-18(21)19-16-7-3-5-14(9-16)11-20/h3-11,13H,12H2,1-2H3,(H,19,21). The van der Waals surface area contributed by atoms with Crippen LogP contribution in [0, 0.1) is 0 Å². The summed E-state index contributed by atoms with van der Waals surface area (Å²) in [5.74, 6) is 0.810. The summed E-state index contributed by atoms with van der Waals surface area (Å²) in [6.07, 6.45) is 0.740. The van der Waals surface area contributed by atoms with Crippen LogP contribution in [0.15, 0.2) is 48.5 Å². The Kier molecular flexibility index (Phi) is 5.31. The van der Waals surface area contributed by atoms with Crippen molar-refractivity contribution in [3.63, 3.8) is 0 Å². The van der Waals surface area contributed by atoms with Gasteiger partial charge in [-0.2, -0.15) is 0 Å². The molecule has 4 nitrogen and oxygen atoms in total. The molecule has 2 aromatic rings. The average molecular weight is 297 g/mol. The molecule has 0 atom stereocenters. The van der Waals surface area contributed by atoms with Crippen LogP contribution in [0.3, 0.4) is 0 Å². The van der Waals surface area contributed by atoms with Gasteiger partial charge in [-0.3, -0.25) is 9.59 Å². The molecule has 22 heavy (non-hydrogen) atoms. The van der Waals surface area contributed by atoms with Crippen LogP contribution in [0.25, 0.3) is 0 Å². The predicted octanol–water partition coefficient (Wildman–Crippen LogP) is 3.64. The van der Waals surface area contributed by atoms with E-state index in [9.17, 15) is 9.59 Å². The molecule has 0 spiro atoms. The molecule has 4 heteroatoms. The third-order valence-corrected chi connectivity index (χ3v) is 3.20. The van der Waals surface area contributed by atoms with E-state index in [1.165, 1.54) is 0 Å². The van der Waals surface area contributed by atoms with E-state index in [2.05, 4.69) is 19.2 Å². The number of anilines is 1. The first-order valence-electron chi connectivity index (χ1n) is 7.16. The zero-order valence-electron chi connectivity index (χ0n) is 12.7. The van der Waals surface area contributed by atoms with E-state index >= 15 is 0 Å². The van der Waals surface area contributed by atoms with E-state index in [0.29, 0.717) is 22.9 Å². The van der Waals surface area contributed by atoms with Gasteiger partial charge in [0.15, 0.2) is 6.61 Å². The molecule has 2 aromatic carbocycles. The summed E-state index contributed by atoms with van der Waals surface area (Å²) in [4.78, 5) is 22.6. The molecule has 0 saturated carbocycles. The molecule has 1 N–H and O–H groups in total. The highest BCUT2D eigenvalue weighted by Crippen LogP contribution is 2.20. The molecule has 0 aliphatic heterocycles. The molecular weight excluding hydrogens is 278 g/mol. The lowest BCUT2D eigenvalue weighted by Crippen LogP contribution is -2.20. The predicted molar refractivity (Wildman–Crippen MR) is 86.5 cm³/mol. The number of carbonyl (C=O) groups excluding carboxylic acids is 2. The number of rotatable bonds is 6. The van der Waals surface area contributed by atoms with Gasteiger partial charge >= 0.3 is 0 Å². The first-order valence-corrected chi connectivity index (χ1v) is 7.16. The maximum absolute atomic E-state index is 11.9. The van der Waals surface area contributed by atoms with Crippen LogP contribution < -0.4 is 10.1 Å². The number of hydrogen-bond acceptors (Lipinski definition) is 3. The van der Waals surface area contributed by atoms with Gasteiger partial charge in [-0.15, -0.1) is 0 Å². The van der Waals surface area contributed by atoms with Crippen LogP contribution >= 0.6 is 0 Å². The van der Waals surface area contributed by atoms with Crippen molar-refractivity contribution in [2.45, 2.75) is 19.8 Å². The smallest absolute Gasteiger partial charge is 0.262 e. The highest BCUT2D eigenvalue weighted by molar-refractivity contribution is 5.92. The Morgan fingerprint density at radius 2 is 1.95 bits per heavy atom. The van der Waals surface area contributed by atoms with Crippen molar-refractivity contribution in [1.82, 2.24) is 0 Å². The third-order valence-electron chi connectivity index (χ3n) is 3.20. The van der Waals surface area contributed by atoms with Gasteiger partial charge < -0.3 is 10.1 Å². The highest BCUT2D eigenvalue weighted by atomic mass is 16.5. The average Bonchev–Trinajstić information content (AvgIpc) is 2.53. The number of aldehydes is 1. The molecule has 0 unspecified atom stereocenters. The Bertz CT molecular complexity index is 665. The summed E-state index contributed by atoms with van der Waals surface area (Å²) in [6, 6.07) is 14.4. The molecular formula is C18H19NO3. The van der Waals surface area contributed by atoms with E-state index in [1.807, 2.05) is 24.3 Å². The summed E-state index contributed by atoms with van der Waals surface area (Å²) >= 11 is 0. The van der Waals surface area contributed by atoms with Gasteiger partial charge in [-0.1, -0.05) is 38.1 Å². The Balaban J connectivity index is 1.92. The quantitative estimate of drug-likeness (QED) is 0.828. The van der Waals surface area contributed by atoms with Crippen molar-refractivity contribution in [3.05, 3.63) is 59.7 Å². The molecule has 0 heterocycles. The van der Waals surface area contributed by atoms with Gasteiger partial charge in [0.25, 0.3) is 5.91 Å². The SMILES string of the molecule is CC(C)c1cccc(OCC(=O)Nc2cccc(C=O)c2)c1. The van der Waals surface area contributed by atoms with E-state index in [-0.39, 0.29) is 12.5 Å². The maximum atomic E-state index is 11.9. The molecule has 114 valence electrons. The van der Waals surface area contributed by atoms with Crippen molar-refractivity contribution in [1.29, 1.82) is 0 Å². The Labute approximate surface area is 130 Å². The lowest BCUT2D eigenvalue weighted by Gasteiger charge is -2.10. The van der Waals surface area contributed by atoms with Gasteiger partial charge in [0, 0.05) is 11.3 Å². The second-order valence-electron chi connectivity index (χ2n) is 5.31. The van der Waals surface area contributed by atoms with Crippen LogP contribution in [-0.2, 0) is 4.79 Å². The second kappa shape index (κ2) is 7.41. The fraction of sp³-hybridized carbons (Fsp3) is 0.222. The molecule has 0 saturated heterocycles. The maximum Gasteiger partial charge on any atom is 0.262 e. The molecule has 0 aliphatic rings. The fourth-order valence-electron chi connectivity index (χ4n) is 2.00. The normalized spacial score (nSPS) is 10.3. The third kappa shape index (κ3) is 4.45. The minimum absolute atomic E-state index is 0.0765. The van der Waals surface area contributed by atoms with Crippen molar-refractivity contribution < 1.29 is 14.3 Å². The molecule has 0 bridgehead atoms. The van der Waals surface area contributed by atoms with Crippen molar-refractivity contribution in [2.75, 3.05) is 11.9 Å². The van der Waals surface area contributed by atoms with Crippen LogP contribution in [0.4, 0.5) is 5.69 Å². The lowest BCUT2D eigenvalue weighted by atomic mass is 10.0. The zero-order valence-corrected chi connectivity index (χ0v) is 12.7. The van der Waals surface area contributed by atoms with Gasteiger partial charge in [0.05, 0.1) is 0 Å². The van der Waals surface area contributed by atoms with Crippen molar-refractivity contribution in [3.8, 4) is 5.75 Å². The minimum atomic E-state index is -0.266. The van der Waals surface area contributed by atoms with Crippen molar-refractivity contribution >= 4 is 17.9 Å². The Hall–Kier alpha value is -2.62. The van der Waals surface area contributed by atoms with E-state index < -0.39 is 0 Å². The molecule has 2 rings (SSSR count). The number of carbonyl (C=O) groups is 2. The van der Waals surface area contributed by atoms with E-state index in [1.54, 1.807) is 24.3 Å². The molecule has 0 fully saturated rings. The largest absolute Gasteiger partial charge is 0.484 e.